The van der Waals surface area contributed by atoms with E-state index >= 15 is 0 Å². The topological polar surface area (TPSA) is 49.8 Å². The van der Waals surface area contributed by atoms with Gasteiger partial charge < -0.3 is 14.7 Å². The average molecular weight is 351 g/mol. The number of hydrogen-bond donors (Lipinski definition) is 1. The molecule has 0 amide bonds. The van der Waals surface area contributed by atoms with Crippen molar-refractivity contribution in [2.24, 2.45) is 5.92 Å². The Balaban J connectivity index is 1.39. The number of piperidine rings is 1. The molecule has 1 heterocycles. The van der Waals surface area contributed by atoms with E-state index in [1.165, 1.54) is 0 Å². The molecule has 4 nitrogen and oxygen atoms in total. The van der Waals surface area contributed by atoms with Crippen LogP contribution >= 0.6 is 0 Å². The number of methoxy groups -OCH3 is 1. The maximum Gasteiger partial charge on any atom is 0.167 e. The fourth-order valence-corrected chi connectivity index (χ4v) is 4.29. The standard InChI is InChI=1S/C22H25NO3/c1-26-19-7-8-20-16(14-19)13-17(21(20)24)15-23-11-9-22(25,10-12-23)18-5-3-2-4-6-18/h2-8,14,17,25H,9-13,15H2,1H3. The summed E-state index contributed by atoms with van der Waals surface area (Å²) in [4.78, 5) is 15.0. The maximum absolute atomic E-state index is 12.7. The van der Waals surface area contributed by atoms with Crippen LogP contribution in [0.5, 0.6) is 5.75 Å². The van der Waals surface area contributed by atoms with E-state index in [1.54, 1.807) is 7.11 Å². The first-order chi connectivity index (χ1) is 12.6. The summed E-state index contributed by atoms with van der Waals surface area (Å²) >= 11 is 0. The molecule has 26 heavy (non-hydrogen) atoms. The van der Waals surface area contributed by atoms with Crippen molar-refractivity contribution in [3.05, 3.63) is 65.2 Å². The molecule has 0 bridgehead atoms. The number of fused-ring (bicyclic) bond motifs is 1. The van der Waals surface area contributed by atoms with Crippen molar-refractivity contribution >= 4 is 5.78 Å². The summed E-state index contributed by atoms with van der Waals surface area (Å²) in [6.45, 7) is 2.39. The molecule has 4 heteroatoms. The van der Waals surface area contributed by atoms with Crippen LogP contribution in [-0.4, -0.2) is 42.5 Å². The monoisotopic (exact) mass is 351 g/mol. The molecule has 1 aliphatic heterocycles. The summed E-state index contributed by atoms with van der Waals surface area (Å²) in [5.74, 6) is 1.06. The number of carbonyl (C=O) groups excluding carboxylic acids is 1. The van der Waals surface area contributed by atoms with Crippen LogP contribution in [0.1, 0.15) is 34.3 Å². The molecule has 0 saturated carbocycles. The van der Waals surface area contributed by atoms with Crippen LogP contribution in [0.2, 0.25) is 0 Å². The Hall–Kier alpha value is -2.17. The van der Waals surface area contributed by atoms with Gasteiger partial charge in [-0.05, 0) is 48.6 Å². The van der Waals surface area contributed by atoms with E-state index in [-0.39, 0.29) is 11.7 Å². The Bertz CT molecular complexity index is 794. The molecule has 136 valence electrons. The Kier molecular flexibility index (Phi) is 4.55. The fraction of sp³-hybridized carbons (Fsp3) is 0.409. The first kappa shape index (κ1) is 17.3. The SMILES string of the molecule is COc1ccc2c(c1)CC(CN1CCC(O)(c3ccccc3)CC1)C2=O. The summed E-state index contributed by atoms with van der Waals surface area (Å²) < 4.78 is 5.28. The highest BCUT2D eigenvalue weighted by Crippen LogP contribution is 2.35. The molecule has 1 saturated heterocycles. The number of hydrogen-bond acceptors (Lipinski definition) is 4. The van der Waals surface area contributed by atoms with E-state index in [0.29, 0.717) is 12.8 Å². The molecular formula is C22H25NO3. The molecule has 0 aromatic heterocycles. The molecule has 2 aliphatic rings. The van der Waals surface area contributed by atoms with Crippen molar-refractivity contribution in [2.75, 3.05) is 26.7 Å². The molecule has 2 aromatic rings. The van der Waals surface area contributed by atoms with Crippen LogP contribution in [0.25, 0.3) is 0 Å². The van der Waals surface area contributed by atoms with Gasteiger partial charge in [-0.15, -0.1) is 0 Å². The molecule has 1 atom stereocenters. The van der Waals surface area contributed by atoms with E-state index in [4.69, 9.17) is 4.74 Å². The molecule has 4 rings (SSSR count). The van der Waals surface area contributed by atoms with Crippen LogP contribution in [0.15, 0.2) is 48.5 Å². The van der Waals surface area contributed by atoms with Crippen molar-refractivity contribution in [2.45, 2.75) is 24.9 Å². The zero-order chi connectivity index (χ0) is 18.1. The summed E-state index contributed by atoms with van der Waals surface area (Å²) in [5.41, 5.74) is 2.19. The average Bonchev–Trinajstić information content (AvgIpc) is 2.99. The summed E-state index contributed by atoms with van der Waals surface area (Å²) in [7, 11) is 1.65. The normalized spacial score (nSPS) is 22.2. The Morgan fingerprint density at radius 3 is 2.58 bits per heavy atom. The zero-order valence-electron chi connectivity index (χ0n) is 15.1. The smallest absolute Gasteiger partial charge is 0.167 e. The van der Waals surface area contributed by atoms with Gasteiger partial charge in [0.05, 0.1) is 12.7 Å². The minimum atomic E-state index is -0.742. The lowest BCUT2D eigenvalue weighted by atomic mass is 9.84. The van der Waals surface area contributed by atoms with Crippen LogP contribution in [0, 0.1) is 5.92 Å². The number of carbonyl (C=O) groups is 1. The van der Waals surface area contributed by atoms with Gasteiger partial charge in [0.15, 0.2) is 5.78 Å². The molecule has 0 radical (unpaired) electrons. The van der Waals surface area contributed by atoms with Gasteiger partial charge in [-0.1, -0.05) is 30.3 Å². The Labute approximate surface area is 154 Å². The van der Waals surface area contributed by atoms with Gasteiger partial charge in [-0.2, -0.15) is 0 Å². The van der Waals surface area contributed by atoms with E-state index < -0.39 is 5.60 Å². The van der Waals surface area contributed by atoms with Gasteiger partial charge in [-0.25, -0.2) is 0 Å². The largest absolute Gasteiger partial charge is 0.497 e. The second kappa shape index (κ2) is 6.86. The molecule has 1 unspecified atom stereocenters. The minimum Gasteiger partial charge on any atom is -0.497 e. The first-order valence-electron chi connectivity index (χ1n) is 9.30. The zero-order valence-corrected chi connectivity index (χ0v) is 15.1. The third kappa shape index (κ3) is 3.15. The third-order valence-corrected chi connectivity index (χ3v) is 5.89. The number of ketones is 1. The van der Waals surface area contributed by atoms with Crippen LogP contribution in [0.4, 0.5) is 0 Å². The van der Waals surface area contributed by atoms with Gasteiger partial charge in [0, 0.05) is 31.1 Å². The third-order valence-electron chi connectivity index (χ3n) is 5.89. The quantitative estimate of drug-likeness (QED) is 0.920. The van der Waals surface area contributed by atoms with Crippen molar-refractivity contribution in [3.63, 3.8) is 0 Å². The van der Waals surface area contributed by atoms with Crippen LogP contribution in [0.3, 0.4) is 0 Å². The molecule has 1 fully saturated rings. The van der Waals surface area contributed by atoms with E-state index in [0.717, 1.165) is 48.5 Å². The van der Waals surface area contributed by atoms with Crippen molar-refractivity contribution in [1.29, 1.82) is 0 Å². The fourth-order valence-electron chi connectivity index (χ4n) is 4.29. The van der Waals surface area contributed by atoms with Crippen LogP contribution in [-0.2, 0) is 12.0 Å². The second-order valence-electron chi connectivity index (χ2n) is 7.49. The number of aliphatic hydroxyl groups is 1. The Morgan fingerprint density at radius 2 is 1.88 bits per heavy atom. The van der Waals surface area contributed by atoms with Gasteiger partial charge in [0.1, 0.15) is 5.75 Å². The lowest BCUT2D eigenvalue weighted by Crippen LogP contribution is -2.44. The number of ether oxygens (including phenoxy) is 1. The highest BCUT2D eigenvalue weighted by atomic mass is 16.5. The molecule has 1 N–H and O–H groups in total. The highest BCUT2D eigenvalue weighted by Gasteiger charge is 2.37. The maximum atomic E-state index is 12.7. The van der Waals surface area contributed by atoms with Crippen molar-refractivity contribution in [3.8, 4) is 5.75 Å². The van der Waals surface area contributed by atoms with Gasteiger partial charge in [-0.3, -0.25) is 4.79 Å². The van der Waals surface area contributed by atoms with Crippen LogP contribution < -0.4 is 4.74 Å². The lowest BCUT2D eigenvalue weighted by Gasteiger charge is -2.39. The summed E-state index contributed by atoms with van der Waals surface area (Å²) in [6.07, 6.45) is 2.20. The molecule has 1 aliphatic carbocycles. The second-order valence-corrected chi connectivity index (χ2v) is 7.49. The number of likely N-dealkylation sites (tertiary alicyclic amines) is 1. The summed E-state index contributed by atoms with van der Waals surface area (Å²) in [5, 5.41) is 11.0. The van der Waals surface area contributed by atoms with Gasteiger partial charge in [0.25, 0.3) is 0 Å². The predicted molar refractivity (Wildman–Crippen MR) is 101 cm³/mol. The highest BCUT2D eigenvalue weighted by molar-refractivity contribution is 6.02. The van der Waals surface area contributed by atoms with Gasteiger partial charge >= 0.3 is 0 Å². The molecule has 0 spiro atoms. The van der Waals surface area contributed by atoms with Crippen molar-refractivity contribution < 1.29 is 14.6 Å². The first-order valence-corrected chi connectivity index (χ1v) is 9.30. The molecule has 2 aromatic carbocycles. The minimum absolute atomic E-state index is 0.0139. The van der Waals surface area contributed by atoms with E-state index in [9.17, 15) is 9.90 Å². The summed E-state index contributed by atoms with van der Waals surface area (Å²) in [6, 6.07) is 15.7. The van der Waals surface area contributed by atoms with Gasteiger partial charge in [0.2, 0.25) is 0 Å². The van der Waals surface area contributed by atoms with E-state index in [2.05, 4.69) is 4.90 Å². The number of Topliss-reactive ketones (excluding diaryl/α,β-unsaturated/α-hetero) is 1. The van der Waals surface area contributed by atoms with E-state index in [1.807, 2.05) is 48.5 Å². The molecular weight excluding hydrogens is 326 g/mol. The number of nitrogens with zero attached hydrogens (tertiary/aromatic N) is 1. The predicted octanol–water partition coefficient (Wildman–Crippen LogP) is 3.03. The van der Waals surface area contributed by atoms with Crippen molar-refractivity contribution in [1.82, 2.24) is 4.90 Å². The number of benzene rings is 2. The number of rotatable bonds is 4. The lowest BCUT2D eigenvalue weighted by molar-refractivity contribution is -0.0279. The Morgan fingerprint density at radius 1 is 1.15 bits per heavy atom.